The largest absolute Gasteiger partial charge is 0.481 e. The molecule has 0 saturated carbocycles. The molecule has 0 bridgehead atoms. The van der Waals surface area contributed by atoms with Gasteiger partial charge in [-0.25, -0.2) is 4.79 Å². The molecule has 2 rings (SSSR count). The molecule has 116 valence electrons. The third-order valence-corrected chi connectivity index (χ3v) is 3.12. The van der Waals surface area contributed by atoms with E-state index in [2.05, 4.69) is 20.5 Å². The van der Waals surface area contributed by atoms with Gasteiger partial charge in [0.15, 0.2) is 10.8 Å². The number of hydrogen-bond donors (Lipinski definition) is 2. The Hall–Kier alpha value is -2.41. The van der Waals surface area contributed by atoms with Gasteiger partial charge in [-0.15, -0.1) is 10.2 Å². The highest BCUT2D eigenvalue weighted by Crippen LogP contribution is 2.28. The molecule has 0 amide bonds. The van der Waals surface area contributed by atoms with E-state index in [1.54, 1.807) is 6.07 Å². The van der Waals surface area contributed by atoms with E-state index in [0.29, 0.717) is 11.7 Å². The number of halogens is 1. The summed E-state index contributed by atoms with van der Waals surface area (Å²) in [6, 6.07) is 4.98. The number of nitrogens with one attached hydrogen (secondary N) is 1. The number of rotatable bonds is 5. The van der Waals surface area contributed by atoms with Crippen molar-refractivity contribution >= 4 is 29.1 Å². The number of aromatic carboxylic acids is 1. The van der Waals surface area contributed by atoms with Crippen LogP contribution in [-0.2, 0) is 0 Å². The fourth-order valence-corrected chi connectivity index (χ4v) is 2.03. The lowest BCUT2D eigenvalue weighted by atomic mass is 10.1. The lowest BCUT2D eigenvalue weighted by Gasteiger charge is -2.13. The van der Waals surface area contributed by atoms with Gasteiger partial charge in [0.1, 0.15) is 5.82 Å². The molecule has 0 aliphatic heterocycles. The molecule has 0 saturated heterocycles. The molecule has 0 atom stereocenters. The second-order valence-electron chi connectivity index (χ2n) is 4.81. The van der Waals surface area contributed by atoms with Crippen molar-refractivity contribution in [3.05, 3.63) is 34.6 Å². The first-order valence-corrected chi connectivity index (χ1v) is 6.88. The molecule has 0 aliphatic rings. The Bertz CT molecular complexity index is 706. The molecule has 2 aromatic rings. The zero-order chi connectivity index (χ0) is 16.3. The minimum atomic E-state index is -1.21. The minimum absolute atomic E-state index is 0.0817. The van der Waals surface area contributed by atoms with Crippen LogP contribution in [0.5, 0.6) is 5.88 Å². The van der Waals surface area contributed by atoms with Crippen molar-refractivity contribution in [1.29, 1.82) is 0 Å². The number of carbonyl (C=O) groups is 1. The summed E-state index contributed by atoms with van der Waals surface area (Å²) < 4.78 is 5.26. The predicted molar refractivity (Wildman–Crippen MR) is 82.2 cm³/mol. The Labute approximate surface area is 132 Å². The predicted octanol–water partition coefficient (Wildman–Crippen LogP) is 3.10. The third-order valence-electron chi connectivity index (χ3n) is 2.93. The van der Waals surface area contributed by atoms with Crippen LogP contribution >= 0.6 is 11.6 Å². The highest BCUT2D eigenvalue weighted by atomic mass is 35.5. The van der Waals surface area contributed by atoms with Crippen molar-refractivity contribution in [2.45, 2.75) is 19.8 Å². The molecule has 2 aromatic heterocycles. The first-order valence-electron chi connectivity index (χ1n) is 6.50. The summed E-state index contributed by atoms with van der Waals surface area (Å²) in [5.74, 6) is -0.0571. The molecular weight excluding hydrogens is 308 g/mol. The number of nitrogens with zero attached hydrogens (tertiary/aromatic N) is 3. The molecule has 0 aromatic carbocycles. The molecule has 2 N–H and O–H groups in total. The van der Waals surface area contributed by atoms with E-state index in [4.69, 9.17) is 21.4 Å². The fraction of sp³-hybridized carbons (Fsp3) is 0.286. The van der Waals surface area contributed by atoms with Crippen molar-refractivity contribution in [2.75, 3.05) is 12.4 Å². The van der Waals surface area contributed by atoms with Crippen LogP contribution in [0.1, 0.15) is 35.8 Å². The zero-order valence-electron chi connectivity index (χ0n) is 12.3. The Morgan fingerprint density at radius 3 is 2.68 bits per heavy atom. The molecule has 0 spiro atoms. The Balaban J connectivity index is 2.39. The van der Waals surface area contributed by atoms with Crippen LogP contribution < -0.4 is 10.1 Å². The average molecular weight is 323 g/mol. The summed E-state index contributed by atoms with van der Waals surface area (Å²) in [5, 5.41) is 19.2. The summed E-state index contributed by atoms with van der Waals surface area (Å²) in [6.07, 6.45) is 0. The number of hydrogen-bond acceptors (Lipinski definition) is 6. The second-order valence-corrected chi connectivity index (χ2v) is 5.20. The van der Waals surface area contributed by atoms with E-state index in [1.165, 1.54) is 13.2 Å². The van der Waals surface area contributed by atoms with E-state index in [9.17, 15) is 4.79 Å². The first kappa shape index (κ1) is 16.0. The Morgan fingerprint density at radius 1 is 1.36 bits per heavy atom. The van der Waals surface area contributed by atoms with Gasteiger partial charge in [0.25, 0.3) is 0 Å². The second kappa shape index (κ2) is 6.57. The fourth-order valence-electron chi connectivity index (χ4n) is 1.88. The zero-order valence-corrected chi connectivity index (χ0v) is 13.0. The number of anilines is 2. The molecule has 0 fully saturated rings. The summed E-state index contributed by atoms with van der Waals surface area (Å²) in [4.78, 5) is 15.5. The maximum absolute atomic E-state index is 11.2. The summed E-state index contributed by atoms with van der Waals surface area (Å²) >= 11 is 5.76. The lowest BCUT2D eigenvalue weighted by Crippen LogP contribution is -2.08. The summed E-state index contributed by atoms with van der Waals surface area (Å²) in [5.41, 5.74) is 0.926. The highest BCUT2D eigenvalue weighted by Gasteiger charge is 2.16. The van der Waals surface area contributed by atoms with Crippen molar-refractivity contribution in [1.82, 2.24) is 15.2 Å². The van der Waals surface area contributed by atoms with Gasteiger partial charge in [0.05, 0.1) is 12.8 Å². The molecule has 8 heteroatoms. The maximum atomic E-state index is 11.2. The van der Waals surface area contributed by atoms with Crippen LogP contribution in [0.3, 0.4) is 0 Å². The smallest absolute Gasteiger partial charge is 0.358 e. The molecule has 0 aliphatic carbocycles. The number of ether oxygens (including phenoxy) is 1. The van der Waals surface area contributed by atoms with Crippen LogP contribution in [0, 0.1) is 0 Å². The normalized spacial score (nSPS) is 10.6. The van der Waals surface area contributed by atoms with Crippen LogP contribution in [0.15, 0.2) is 18.2 Å². The third kappa shape index (κ3) is 3.43. The van der Waals surface area contributed by atoms with Crippen LogP contribution in [0.2, 0.25) is 5.15 Å². The van der Waals surface area contributed by atoms with Gasteiger partial charge >= 0.3 is 5.97 Å². The molecule has 2 heterocycles. The summed E-state index contributed by atoms with van der Waals surface area (Å²) in [7, 11) is 1.53. The molecule has 0 radical (unpaired) electrons. The number of carboxylic acid groups (broad SMARTS) is 1. The number of aromatic nitrogens is 3. The quantitative estimate of drug-likeness (QED) is 0.872. The summed E-state index contributed by atoms with van der Waals surface area (Å²) in [6.45, 7) is 4.06. The van der Waals surface area contributed by atoms with Gasteiger partial charge in [0, 0.05) is 11.6 Å². The average Bonchev–Trinajstić information content (AvgIpc) is 2.46. The van der Waals surface area contributed by atoms with Crippen molar-refractivity contribution in [2.24, 2.45) is 0 Å². The number of carboxylic acids is 1. The van der Waals surface area contributed by atoms with Crippen LogP contribution in [0.25, 0.3) is 0 Å². The van der Waals surface area contributed by atoms with Crippen LogP contribution in [0.4, 0.5) is 11.5 Å². The van der Waals surface area contributed by atoms with E-state index in [0.717, 1.165) is 5.56 Å². The van der Waals surface area contributed by atoms with E-state index >= 15 is 0 Å². The van der Waals surface area contributed by atoms with Gasteiger partial charge in [-0.3, -0.25) is 0 Å². The van der Waals surface area contributed by atoms with E-state index in [-0.39, 0.29) is 22.5 Å². The Morgan fingerprint density at radius 2 is 2.09 bits per heavy atom. The lowest BCUT2D eigenvalue weighted by molar-refractivity contribution is 0.0690. The van der Waals surface area contributed by atoms with Gasteiger partial charge in [-0.2, -0.15) is 4.98 Å². The Kier molecular flexibility index (Phi) is 4.77. The monoisotopic (exact) mass is 322 g/mol. The molecule has 22 heavy (non-hydrogen) atoms. The van der Waals surface area contributed by atoms with E-state index in [1.807, 2.05) is 19.9 Å². The van der Waals surface area contributed by atoms with Gasteiger partial charge in [-0.05, 0) is 18.1 Å². The number of methoxy groups -OCH3 is 1. The maximum Gasteiger partial charge on any atom is 0.358 e. The van der Waals surface area contributed by atoms with Crippen LogP contribution in [-0.4, -0.2) is 33.4 Å². The molecular formula is C14H15ClN4O3. The van der Waals surface area contributed by atoms with Gasteiger partial charge in [0.2, 0.25) is 5.88 Å². The van der Waals surface area contributed by atoms with Crippen molar-refractivity contribution in [3.8, 4) is 5.88 Å². The molecule has 7 nitrogen and oxygen atoms in total. The first-order chi connectivity index (χ1) is 10.4. The topological polar surface area (TPSA) is 97.2 Å². The van der Waals surface area contributed by atoms with Gasteiger partial charge < -0.3 is 15.2 Å². The SMILES string of the molecule is COc1nc(Nc2cc(Cl)nnc2C(=O)O)ccc1C(C)C. The van der Waals surface area contributed by atoms with E-state index < -0.39 is 5.97 Å². The number of pyridine rings is 1. The van der Waals surface area contributed by atoms with Crippen molar-refractivity contribution < 1.29 is 14.6 Å². The van der Waals surface area contributed by atoms with Crippen molar-refractivity contribution in [3.63, 3.8) is 0 Å². The molecule has 0 unspecified atom stereocenters. The highest BCUT2D eigenvalue weighted by molar-refractivity contribution is 6.29. The standard InChI is InChI=1S/C14H15ClN4O3/c1-7(2)8-4-5-11(17-13(8)22-3)16-9-6-10(15)18-19-12(9)14(20)21/h4-7H,1-3H3,(H,20,21)(H,16,17,18). The van der Waals surface area contributed by atoms with Gasteiger partial charge in [-0.1, -0.05) is 25.4 Å². The minimum Gasteiger partial charge on any atom is -0.481 e.